The molecule has 0 radical (unpaired) electrons. The van der Waals surface area contributed by atoms with Gasteiger partial charge in [-0.05, 0) is 18.6 Å². The molecule has 0 amide bonds. The molecule has 1 aliphatic rings. The number of pyridine rings is 1. The number of aromatic nitrogens is 1. The average molecular weight is 227 g/mol. The van der Waals surface area contributed by atoms with Crippen molar-refractivity contribution in [1.29, 1.82) is 0 Å². The Hall–Kier alpha value is -1.52. The van der Waals surface area contributed by atoms with Crippen LogP contribution in [0.5, 0.6) is 0 Å². The van der Waals surface area contributed by atoms with Crippen molar-refractivity contribution in [2.45, 2.75) is 31.1 Å². The SMILES string of the molecule is Cc1ccc(C2(C(=O)O)CC(F)(F)C2)cn1. The van der Waals surface area contributed by atoms with Crippen LogP contribution in [0.3, 0.4) is 0 Å². The number of halogens is 2. The van der Waals surface area contributed by atoms with E-state index in [1.165, 1.54) is 6.20 Å². The van der Waals surface area contributed by atoms with Crippen LogP contribution in [0.25, 0.3) is 0 Å². The van der Waals surface area contributed by atoms with Crippen molar-refractivity contribution in [3.8, 4) is 0 Å². The molecule has 0 spiro atoms. The Morgan fingerprint density at radius 2 is 2.06 bits per heavy atom. The summed E-state index contributed by atoms with van der Waals surface area (Å²) >= 11 is 0. The predicted octanol–water partition coefficient (Wildman–Crippen LogP) is 2.14. The second kappa shape index (κ2) is 3.23. The Morgan fingerprint density at radius 3 is 2.44 bits per heavy atom. The Kier molecular flexibility index (Phi) is 2.22. The first-order valence-electron chi connectivity index (χ1n) is 4.90. The van der Waals surface area contributed by atoms with E-state index in [1.807, 2.05) is 0 Å². The number of hydrogen-bond donors (Lipinski definition) is 1. The van der Waals surface area contributed by atoms with E-state index in [-0.39, 0.29) is 0 Å². The molecular weight excluding hydrogens is 216 g/mol. The van der Waals surface area contributed by atoms with E-state index < -0.39 is 30.1 Å². The molecule has 0 aromatic carbocycles. The van der Waals surface area contributed by atoms with Crippen LogP contribution in [0, 0.1) is 6.92 Å². The summed E-state index contributed by atoms with van der Waals surface area (Å²) in [4.78, 5) is 15.1. The fourth-order valence-electron chi connectivity index (χ4n) is 2.06. The molecule has 1 aliphatic carbocycles. The highest BCUT2D eigenvalue weighted by atomic mass is 19.3. The highest BCUT2D eigenvalue weighted by Gasteiger charge is 2.62. The number of aryl methyl sites for hydroxylation is 1. The zero-order chi connectivity index (χ0) is 12.0. The lowest BCUT2D eigenvalue weighted by Gasteiger charge is -2.44. The van der Waals surface area contributed by atoms with Gasteiger partial charge in [0.2, 0.25) is 0 Å². The number of carboxylic acids is 1. The van der Waals surface area contributed by atoms with Crippen molar-refractivity contribution in [3.63, 3.8) is 0 Å². The number of hydrogen-bond acceptors (Lipinski definition) is 2. The maximum atomic E-state index is 12.9. The van der Waals surface area contributed by atoms with Gasteiger partial charge in [0.25, 0.3) is 5.92 Å². The quantitative estimate of drug-likeness (QED) is 0.842. The van der Waals surface area contributed by atoms with Crippen LogP contribution in [0.2, 0.25) is 0 Å². The molecule has 1 saturated carbocycles. The van der Waals surface area contributed by atoms with Gasteiger partial charge < -0.3 is 5.11 Å². The summed E-state index contributed by atoms with van der Waals surface area (Å²) in [5, 5.41) is 9.08. The normalized spacial score (nSPS) is 21.2. The van der Waals surface area contributed by atoms with Gasteiger partial charge in [0.15, 0.2) is 0 Å². The van der Waals surface area contributed by atoms with Crippen LogP contribution in [0.1, 0.15) is 24.1 Å². The summed E-state index contributed by atoms with van der Waals surface area (Å²) in [6.07, 6.45) is 0.0961. The van der Waals surface area contributed by atoms with Gasteiger partial charge in [0, 0.05) is 24.7 Å². The Labute approximate surface area is 91.1 Å². The molecule has 0 unspecified atom stereocenters. The molecule has 0 bridgehead atoms. The van der Waals surface area contributed by atoms with Crippen LogP contribution in [-0.4, -0.2) is 22.0 Å². The van der Waals surface area contributed by atoms with Gasteiger partial charge in [-0.3, -0.25) is 9.78 Å². The second-order valence-corrected chi connectivity index (χ2v) is 4.29. The van der Waals surface area contributed by atoms with Crippen molar-refractivity contribution in [2.75, 3.05) is 0 Å². The minimum absolute atomic E-state index is 0.358. The molecule has 5 heteroatoms. The van der Waals surface area contributed by atoms with Crippen molar-refractivity contribution >= 4 is 5.97 Å². The molecule has 16 heavy (non-hydrogen) atoms. The van der Waals surface area contributed by atoms with E-state index in [9.17, 15) is 13.6 Å². The summed E-state index contributed by atoms with van der Waals surface area (Å²) in [5.74, 6) is -4.08. The van der Waals surface area contributed by atoms with Gasteiger partial charge in [-0.25, -0.2) is 8.78 Å². The molecule has 3 nitrogen and oxygen atoms in total. The lowest BCUT2D eigenvalue weighted by atomic mass is 9.62. The molecule has 0 atom stereocenters. The summed E-state index contributed by atoms with van der Waals surface area (Å²) in [5.41, 5.74) is -0.364. The van der Waals surface area contributed by atoms with Crippen LogP contribution < -0.4 is 0 Å². The van der Waals surface area contributed by atoms with Crippen LogP contribution >= 0.6 is 0 Å². The summed E-state index contributed by atoms with van der Waals surface area (Å²) in [6, 6.07) is 3.20. The predicted molar refractivity (Wildman–Crippen MR) is 52.5 cm³/mol. The fraction of sp³-hybridized carbons (Fsp3) is 0.455. The summed E-state index contributed by atoms with van der Waals surface area (Å²) < 4.78 is 25.7. The third-order valence-electron chi connectivity index (χ3n) is 2.99. The van der Waals surface area contributed by atoms with Crippen molar-refractivity contribution in [1.82, 2.24) is 4.98 Å². The smallest absolute Gasteiger partial charge is 0.314 e. The van der Waals surface area contributed by atoms with Crippen LogP contribution in [0.4, 0.5) is 8.78 Å². The number of alkyl halides is 2. The van der Waals surface area contributed by atoms with Crippen molar-refractivity contribution < 1.29 is 18.7 Å². The number of rotatable bonds is 2. The van der Waals surface area contributed by atoms with Crippen molar-refractivity contribution in [3.05, 3.63) is 29.6 Å². The Bertz CT molecular complexity index is 420. The molecule has 1 aromatic heterocycles. The second-order valence-electron chi connectivity index (χ2n) is 4.29. The molecule has 1 aromatic rings. The monoisotopic (exact) mass is 227 g/mol. The van der Waals surface area contributed by atoms with Crippen molar-refractivity contribution in [2.24, 2.45) is 0 Å². The Morgan fingerprint density at radius 1 is 1.44 bits per heavy atom. The standard InChI is InChI=1S/C11H11F2NO2/c1-7-2-3-8(4-14-7)10(9(15)16)5-11(12,13)6-10/h2-4H,5-6H2,1H3,(H,15,16). The first-order valence-corrected chi connectivity index (χ1v) is 4.90. The zero-order valence-electron chi connectivity index (χ0n) is 8.70. The molecule has 2 rings (SSSR count). The third kappa shape index (κ3) is 1.56. The first-order chi connectivity index (χ1) is 7.36. The Balaban J connectivity index is 2.36. The van der Waals surface area contributed by atoms with Gasteiger partial charge in [-0.2, -0.15) is 0 Å². The van der Waals surface area contributed by atoms with Gasteiger partial charge >= 0.3 is 5.97 Å². The first kappa shape index (κ1) is 11.0. The average Bonchev–Trinajstić information content (AvgIpc) is 2.14. The number of carboxylic acid groups (broad SMARTS) is 1. The topological polar surface area (TPSA) is 50.2 Å². The lowest BCUT2D eigenvalue weighted by molar-refractivity contribution is -0.174. The molecule has 0 saturated heterocycles. The zero-order valence-corrected chi connectivity index (χ0v) is 8.70. The number of carbonyl (C=O) groups is 1. The minimum atomic E-state index is -2.87. The summed E-state index contributed by atoms with van der Waals surface area (Å²) in [6.45, 7) is 1.76. The van der Waals surface area contributed by atoms with E-state index in [4.69, 9.17) is 5.11 Å². The van der Waals surface area contributed by atoms with E-state index in [0.717, 1.165) is 5.69 Å². The summed E-state index contributed by atoms with van der Waals surface area (Å²) in [7, 11) is 0. The van der Waals surface area contributed by atoms with Crippen LogP contribution in [-0.2, 0) is 10.2 Å². The number of nitrogens with zero attached hydrogens (tertiary/aromatic N) is 1. The van der Waals surface area contributed by atoms with Crippen LogP contribution in [0.15, 0.2) is 18.3 Å². The van der Waals surface area contributed by atoms with Gasteiger partial charge in [-0.1, -0.05) is 6.07 Å². The maximum absolute atomic E-state index is 12.9. The van der Waals surface area contributed by atoms with E-state index in [2.05, 4.69) is 4.98 Å². The van der Waals surface area contributed by atoms with Gasteiger partial charge in [0.05, 0.1) is 0 Å². The van der Waals surface area contributed by atoms with E-state index in [0.29, 0.717) is 5.56 Å². The molecule has 1 N–H and O–H groups in total. The van der Waals surface area contributed by atoms with E-state index in [1.54, 1.807) is 19.1 Å². The number of aliphatic carboxylic acids is 1. The molecule has 0 aliphatic heterocycles. The fourth-order valence-corrected chi connectivity index (χ4v) is 2.06. The van der Waals surface area contributed by atoms with Gasteiger partial charge in [0.1, 0.15) is 5.41 Å². The highest BCUT2D eigenvalue weighted by Crippen LogP contribution is 2.53. The third-order valence-corrected chi connectivity index (χ3v) is 2.99. The minimum Gasteiger partial charge on any atom is -0.481 e. The largest absolute Gasteiger partial charge is 0.481 e. The maximum Gasteiger partial charge on any atom is 0.314 e. The highest BCUT2D eigenvalue weighted by molar-refractivity contribution is 5.83. The van der Waals surface area contributed by atoms with E-state index >= 15 is 0 Å². The molecular formula is C11H11F2NO2. The molecule has 86 valence electrons. The lowest BCUT2D eigenvalue weighted by Crippen LogP contribution is -2.54. The molecule has 1 fully saturated rings. The molecule has 1 heterocycles. The van der Waals surface area contributed by atoms with Gasteiger partial charge in [-0.15, -0.1) is 0 Å².